The minimum absolute atomic E-state index is 0.272. The van der Waals surface area contributed by atoms with Crippen molar-refractivity contribution in [3.05, 3.63) is 0 Å². The van der Waals surface area contributed by atoms with Gasteiger partial charge >= 0.3 is 0 Å². The molecule has 0 rings (SSSR count). The van der Waals surface area contributed by atoms with Gasteiger partial charge in [0.25, 0.3) is 0 Å². The number of hydrogen-bond donors (Lipinski definition) is 2. The van der Waals surface area contributed by atoms with Crippen LogP contribution in [-0.2, 0) is 0 Å². The van der Waals surface area contributed by atoms with Gasteiger partial charge in [0.15, 0.2) is 0 Å². The summed E-state index contributed by atoms with van der Waals surface area (Å²) in [5, 5.41) is 9.12. The normalized spacial score (nSPS) is 15.3. The topological polar surface area (TPSA) is 46.2 Å². The Hall–Kier alpha value is 0.137. The first-order valence-corrected chi connectivity index (χ1v) is 7.54. The molecule has 0 radical (unpaired) electrons. The molecule has 1 unspecified atom stereocenters. The lowest BCUT2D eigenvalue weighted by Crippen LogP contribution is -2.25. The van der Waals surface area contributed by atoms with Gasteiger partial charge in [0.05, 0.1) is 6.10 Å². The van der Waals surface area contributed by atoms with Gasteiger partial charge in [-0.25, -0.2) is 0 Å². The molecule has 0 aromatic heterocycles. The lowest BCUT2D eigenvalue weighted by molar-refractivity contribution is 0.178. The Bertz CT molecular complexity index is 90.1. The average molecular weight is 161 g/mol. The van der Waals surface area contributed by atoms with E-state index in [9.17, 15) is 0 Å². The third-order valence-electron chi connectivity index (χ3n) is 1.50. The highest BCUT2D eigenvalue weighted by molar-refractivity contribution is 6.76. The molecule has 10 heavy (non-hydrogen) atoms. The van der Waals surface area contributed by atoms with Crippen LogP contribution in [0.4, 0.5) is 0 Å². The fourth-order valence-corrected chi connectivity index (χ4v) is 1.92. The number of nitrogens with two attached hydrogens (primary N) is 1. The molecular formula is C7H19NOSi. The first-order chi connectivity index (χ1) is 4.45. The van der Waals surface area contributed by atoms with Crippen LogP contribution in [0.25, 0.3) is 0 Å². The fourth-order valence-electron chi connectivity index (χ4n) is 0.717. The highest BCUT2D eigenvalue weighted by atomic mass is 28.3. The van der Waals surface area contributed by atoms with E-state index in [0.29, 0.717) is 6.54 Å². The van der Waals surface area contributed by atoms with Crippen molar-refractivity contribution in [2.45, 2.75) is 38.2 Å². The van der Waals surface area contributed by atoms with Crippen molar-refractivity contribution in [2.24, 2.45) is 5.73 Å². The maximum Gasteiger partial charge on any atom is 0.0659 e. The summed E-state index contributed by atoms with van der Waals surface area (Å²) >= 11 is 0. The second-order valence-corrected chi connectivity index (χ2v) is 9.61. The van der Waals surface area contributed by atoms with Crippen molar-refractivity contribution in [3.63, 3.8) is 0 Å². The van der Waals surface area contributed by atoms with Crippen molar-refractivity contribution in [2.75, 3.05) is 6.54 Å². The molecule has 0 saturated carbocycles. The highest BCUT2D eigenvalue weighted by Crippen LogP contribution is 2.12. The van der Waals surface area contributed by atoms with Crippen LogP contribution in [0.15, 0.2) is 0 Å². The Morgan fingerprint density at radius 3 is 2.20 bits per heavy atom. The zero-order valence-corrected chi connectivity index (χ0v) is 8.22. The molecule has 1 atom stereocenters. The molecule has 0 aliphatic heterocycles. The van der Waals surface area contributed by atoms with Gasteiger partial charge in [-0.2, -0.15) is 0 Å². The standard InChI is InChI=1S/C7H19NOSi/c1-10(2,3)5-4-7(9)6-8/h7,9H,4-6,8H2,1-3H3. The predicted octanol–water partition coefficient (Wildman–Crippen LogP) is 1.03. The summed E-state index contributed by atoms with van der Waals surface area (Å²) in [6.07, 6.45) is 0.610. The summed E-state index contributed by atoms with van der Waals surface area (Å²) in [6.45, 7) is 7.31. The maximum absolute atomic E-state index is 9.12. The molecule has 0 saturated heterocycles. The molecule has 2 nitrogen and oxygen atoms in total. The van der Waals surface area contributed by atoms with E-state index in [1.807, 2.05) is 0 Å². The Morgan fingerprint density at radius 2 is 1.90 bits per heavy atom. The van der Waals surface area contributed by atoms with Crippen molar-refractivity contribution in [1.29, 1.82) is 0 Å². The quantitative estimate of drug-likeness (QED) is 0.605. The van der Waals surface area contributed by atoms with Gasteiger partial charge in [-0.1, -0.05) is 25.7 Å². The van der Waals surface area contributed by atoms with E-state index >= 15 is 0 Å². The third-order valence-corrected chi connectivity index (χ3v) is 3.29. The second kappa shape index (κ2) is 4.11. The Labute approximate surface area is 64.4 Å². The van der Waals surface area contributed by atoms with Crippen LogP contribution in [-0.4, -0.2) is 25.8 Å². The summed E-state index contributed by atoms with van der Waals surface area (Å²) in [5.74, 6) is 0. The van der Waals surface area contributed by atoms with E-state index in [4.69, 9.17) is 10.8 Å². The first-order valence-electron chi connectivity index (χ1n) is 3.84. The summed E-state index contributed by atoms with van der Waals surface area (Å²) in [6, 6.07) is 1.17. The van der Waals surface area contributed by atoms with Crippen molar-refractivity contribution < 1.29 is 5.11 Å². The fraction of sp³-hybridized carbons (Fsp3) is 1.00. The lowest BCUT2D eigenvalue weighted by Gasteiger charge is -2.17. The van der Waals surface area contributed by atoms with E-state index in [1.54, 1.807) is 0 Å². The van der Waals surface area contributed by atoms with Gasteiger partial charge in [0, 0.05) is 14.6 Å². The van der Waals surface area contributed by atoms with Gasteiger partial charge in [-0.15, -0.1) is 0 Å². The molecular weight excluding hydrogens is 142 g/mol. The number of aliphatic hydroxyl groups is 1. The molecule has 0 aliphatic rings. The SMILES string of the molecule is C[Si](C)(C)CCC(O)CN. The molecule has 0 aromatic carbocycles. The van der Waals surface area contributed by atoms with Crippen LogP contribution in [0, 0.1) is 0 Å². The van der Waals surface area contributed by atoms with Gasteiger partial charge < -0.3 is 10.8 Å². The molecule has 0 heterocycles. The molecule has 0 bridgehead atoms. The lowest BCUT2D eigenvalue weighted by atomic mass is 10.3. The zero-order chi connectivity index (χ0) is 8.20. The summed E-state index contributed by atoms with van der Waals surface area (Å²) < 4.78 is 0. The Balaban J connectivity index is 3.36. The molecule has 3 heteroatoms. The van der Waals surface area contributed by atoms with Gasteiger partial charge in [0.1, 0.15) is 0 Å². The van der Waals surface area contributed by atoms with E-state index in [2.05, 4.69) is 19.6 Å². The van der Waals surface area contributed by atoms with E-state index in [0.717, 1.165) is 6.42 Å². The van der Waals surface area contributed by atoms with Crippen molar-refractivity contribution in [1.82, 2.24) is 0 Å². The van der Waals surface area contributed by atoms with E-state index < -0.39 is 8.07 Å². The molecule has 3 N–H and O–H groups in total. The van der Waals surface area contributed by atoms with Crippen LogP contribution in [0.1, 0.15) is 6.42 Å². The molecule has 0 aliphatic carbocycles. The van der Waals surface area contributed by atoms with Gasteiger partial charge in [-0.3, -0.25) is 0 Å². The van der Waals surface area contributed by atoms with Crippen LogP contribution in [0.3, 0.4) is 0 Å². The number of hydrogen-bond acceptors (Lipinski definition) is 2. The van der Waals surface area contributed by atoms with Crippen LogP contribution >= 0.6 is 0 Å². The second-order valence-electron chi connectivity index (χ2n) is 3.99. The summed E-state index contributed by atoms with van der Waals surface area (Å²) in [7, 11) is -0.952. The van der Waals surface area contributed by atoms with Crippen LogP contribution in [0.2, 0.25) is 25.7 Å². The van der Waals surface area contributed by atoms with Gasteiger partial charge in [-0.05, 0) is 6.42 Å². The minimum atomic E-state index is -0.952. The molecule has 62 valence electrons. The molecule has 0 spiro atoms. The van der Waals surface area contributed by atoms with Crippen molar-refractivity contribution in [3.8, 4) is 0 Å². The Morgan fingerprint density at radius 1 is 1.40 bits per heavy atom. The number of rotatable bonds is 4. The largest absolute Gasteiger partial charge is 0.392 e. The highest BCUT2D eigenvalue weighted by Gasteiger charge is 2.14. The van der Waals surface area contributed by atoms with Crippen molar-refractivity contribution >= 4 is 8.07 Å². The van der Waals surface area contributed by atoms with Crippen LogP contribution < -0.4 is 5.73 Å². The van der Waals surface area contributed by atoms with Crippen LogP contribution in [0.5, 0.6) is 0 Å². The zero-order valence-electron chi connectivity index (χ0n) is 7.22. The summed E-state index contributed by atoms with van der Waals surface area (Å²) in [5.41, 5.74) is 5.27. The van der Waals surface area contributed by atoms with Gasteiger partial charge in [0.2, 0.25) is 0 Å². The average Bonchev–Trinajstić information content (AvgIpc) is 1.81. The molecule has 0 aromatic rings. The first kappa shape index (κ1) is 10.1. The molecule has 0 fully saturated rings. The predicted molar refractivity (Wildman–Crippen MR) is 47.8 cm³/mol. The summed E-state index contributed by atoms with van der Waals surface area (Å²) in [4.78, 5) is 0. The maximum atomic E-state index is 9.12. The van der Waals surface area contributed by atoms with E-state index in [-0.39, 0.29) is 6.10 Å². The van der Waals surface area contributed by atoms with E-state index in [1.165, 1.54) is 6.04 Å². The minimum Gasteiger partial charge on any atom is -0.392 e. The smallest absolute Gasteiger partial charge is 0.0659 e. The molecule has 0 amide bonds. The number of aliphatic hydroxyl groups excluding tert-OH is 1. The Kier molecular flexibility index (Phi) is 4.16. The third kappa shape index (κ3) is 6.26. The monoisotopic (exact) mass is 161 g/mol.